The second-order valence-corrected chi connectivity index (χ2v) is 7.88. The van der Waals surface area contributed by atoms with Gasteiger partial charge in [0.1, 0.15) is 23.1 Å². The minimum atomic E-state index is -0.200. The van der Waals surface area contributed by atoms with Crippen molar-refractivity contribution in [1.29, 1.82) is 0 Å². The van der Waals surface area contributed by atoms with Crippen LogP contribution in [0.5, 0.6) is 0 Å². The van der Waals surface area contributed by atoms with Crippen molar-refractivity contribution in [2.75, 3.05) is 14.1 Å². The summed E-state index contributed by atoms with van der Waals surface area (Å²) in [6.45, 7) is 0. The second kappa shape index (κ2) is 8.71. The highest BCUT2D eigenvalue weighted by atomic mass is 16.2. The maximum absolute atomic E-state index is 12.7. The van der Waals surface area contributed by atoms with Crippen LogP contribution in [-0.2, 0) is 9.59 Å². The Hall–Kier alpha value is -4.65. The molecule has 1 aromatic heterocycles. The number of hydrogen-bond acceptors (Lipinski definition) is 5. The van der Waals surface area contributed by atoms with Gasteiger partial charge in [0.05, 0.1) is 11.4 Å². The van der Waals surface area contributed by atoms with E-state index in [1.165, 1.54) is 9.80 Å². The lowest BCUT2D eigenvalue weighted by Crippen LogP contribution is -2.28. The summed E-state index contributed by atoms with van der Waals surface area (Å²) >= 11 is 0. The van der Waals surface area contributed by atoms with E-state index < -0.39 is 0 Å². The average molecular weight is 447 g/mol. The van der Waals surface area contributed by atoms with E-state index in [-0.39, 0.29) is 11.8 Å². The Labute approximate surface area is 197 Å². The fraction of sp³-hybridized carbons (Fsp3) is 0.0741. The third-order valence-corrected chi connectivity index (χ3v) is 5.56. The maximum atomic E-state index is 12.7. The number of carbonyl (C=O) groups excluding carboxylic acids is 2. The van der Waals surface area contributed by atoms with Crippen molar-refractivity contribution in [3.05, 3.63) is 113 Å². The molecule has 0 fully saturated rings. The molecule has 0 unspecified atom stereocenters. The van der Waals surface area contributed by atoms with Crippen LogP contribution in [0.2, 0.25) is 0 Å². The molecule has 0 N–H and O–H groups in total. The van der Waals surface area contributed by atoms with Crippen molar-refractivity contribution in [3.8, 4) is 0 Å². The van der Waals surface area contributed by atoms with Crippen LogP contribution in [0.3, 0.4) is 0 Å². The molecule has 2 aromatic carbocycles. The van der Waals surface area contributed by atoms with Crippen LogP contribution in [0.15, 0.2) is 100 Å². The van der Waals surface area contributed by atoms with E-state index in [1.807, 2.05) is 66.7 Å². The van der Waals surface area contributed by atoms with Crippen LogP contribution < -0.4 is 0 Å². The van der Waals surface area contributed by atoms with Gasteiger partial charge in [0.2, 0.25) is 0 Å². The largest absolute Gasteiger partial charge is 0.294 e. The summed E-state index contributed by atoms with van der Waals surface area (Å²) in [6.07, 6.45) is 3.30. The number of likely N-dealkylation sites (N-methyl/N-ethyl adjacent to an activating group) is 2. The topological polar surface area (TPSA) is 78.2 Å². The number of hydrogen-bond donors (Lipinski definition) is 0. The average Bonchev–Trinajstić information content (AvgIpc) is 3.31. The van der Waals surface area contributed by atoms with E-state index in [2.05, 4.69) is 15.0 Å². The van der Waals surface area contributed by atoms with Crippen LogP contribution in [-0.4, -0.2) is 52.4 Å². The molecule has 0 atom stereocenters. The summed E-state index contributed by atoms with van der Waals surface area (Å²) in [7, 11) is 3.40. The predicted molar refractivity (Wildman–Crippen MR) is 132 cm³/mol. The first kappa shape index (κ1) is 21.2. The maximum Gasteiger partial charge on any atom is 0.277 e. The first-order valence-corrected chi connectivity index (χ1v) is 10.8. The molecular formula is C27H21N5O2. The molecule has 0 spiro atoms. The lowest BCUT2D eigenvalue weighted by Gasteiger charge is -2.11. The first-order chi connectivity index (χ1) is 16.5. The smallest absolute Gasteiger partial charge is 0.277 e. The Bertz CT molecular complexity index is 1300. The van der Waals surface area contributed by atoms with Gasteiger partial charge in [-0.2, -0.15) is 0 Å². The summed E-state index contributed by atoms with van der Waals surface area (Å²) in [5.74, 6) is 0.790. The van der Waals surface area contributed by atoms with Gasteiger partial charge in [0.25, 0.3) is 11.8 Å². The van der Waals surface area contributed by atoms with Crippen molar-refractivity contribution >= 4 is 35.6 Å². The van der Waals surface area contributed by atoms with Crippen molar-refractivity contribution in [2.45, 2.75) is 0 Å². The molecule has 0 saturated heterocycles. The van der Waals surface area contributed by atoms with Gasteiger partial charge in [-0.05, 0) is 24.3 Å². The minimum Gasteiger partial charge on any atom is -0.294 e. The molecule has 3 heterocycles. The number of pyridine rings is 1. The van der Waals surface area contributed by atoms with Gasteiger partial charge in [-0.25, -0.2) is 15.0 Å². The molecule has 0 radical (unpaired) electrons. The van der Waals surface area contributed by atoms with Gasteiger partial charge < -0.3 is 0 Å². The lowest BCUT2D eigenvalue weighted by molar-refractivity contribution is -0.122. The van der Waals surface area contributed by atoms with Gasteiger partial charge in [-0.1, -0.05) is 66.7 Å². The molecular weight excluding hydrogens is 426 g/mol. The number of carbonyl (C=O) groups is 2. The highest BCUT2D eigenvalue weighted by Crippen LogP contribution is 2.22. The highest BCUT2D eigenvalue weighted by Gasteiger charge is 2.29. The quantitative estimate of drug-likeness (QED) is 0.574. The van der Waals surface area contributed by atoms with E-state index in [0.29, 0.717) is 34.5 Å². The summed E-state index contributed by atoms with van der Waals surface area (Å²) in [6, 6.07) is 24.5. The fourth-order valence-electron chi connectivity index (χ4n) is 3.80. The number of amides is 2. The molecule has 0 bridgehead atoms. The zero-order chi connectivity index (χ0) is 23.7. The molecule has 3 aromatic rings. The molecule has 34 heavy (non-hydrogen) atoms. The number of benzene rings is 2. The van der Waals surface area contributed by atoms with Crippen LogP contribution in [0.1, 0.15) is 22.5 Å². The third-order valence-electron chi connectivity index (χ3n) is 5.56. The molecule has 2 aliphatic rings. The standard InChI is InChI=1S/C27H21N5O2/c1-31-24(18-10-5-3-6-11-18)29-22(26(31)33)16-20-14-9-15-21(28-20)17-23-27(34)32(2)25(30-23)19-12-7-4-8-13-19/h3-17H,1-2H3/b22-16-,23-17+. The number of amidine groups is 2. The van der Waals surface area contributed by atoms with Crippen LogP contribution in [0.4, 0.5) is 0 Å². The number of rotatable bonds is 4. The Morgan fingerprint density at radius 1 is 0.588 bits per heavy atom. The number of nitrogens with zero attached hydrogens (tertiary/aromatic N) is 5. The lowest BCUT2D eigenvalue weighted by atomic mass is 10.2. The van der Waals surface area contributed by atoms with Gasteiger partial charge in [0.15, 0.2) is 0 Å². The summed E-state index contributed by atoms with van der Waals surface area (Å²) < 4.78 is 0. The molecule has 0 saturated carbocycles. The number of aromatic nitrogens is 1. The van der Waals surface area contributed by atoms with Gasteiger partial charge >= 0.3 is 0 Å². The minimum absolute atomic E-state index is 0.200. The Balaban J connectivity index is 1.46. The van der Waals surface area contributed by atoms with Crippen molar-refractivity contribution in [3.63, 3.8) is 0 Å². The summed E-state index contributed by atoms with van der Waals surface area (Å²) in [5.41, 5.74) is 3.47. The summed E-state index contributed by atoms with van der Waals surface area (Å²) in [5, 5.41) is 0. The predicted octanol–water partition coefficient (Wildman–Crippen LogP) is 3.60. The van der Waals surface area contributed by atoms with Crippen LogP contribution in [0.25, 0.3) is 12.2 Å². The van der Waals surface area contributed by atoms with E-state index in [4.69, 9.17) is 0 Å². The van der Waals surface area contributed by atoms with Crippen LogP contribution >= 0.6 is 0 Å². The first-order valence-electron chi connectivity index (χ1n) is 10.8. The summed E-state index contributed by atoms with van der Waals surface area (Å²) in [4.78, 5) is 42.2. The van der Waals surface area contributed by atoms with Crippen molar-refractivity contribution in [2.24, 2.45) is 9.98 Å². The van der Waals surface area contributed by atoms with Crippen molar-refractivity contribution < 1.29 is 9.59 Å². The van der Waals surface area contributed by atoms with Crippen LogP contribution in [0, 0.1) is 0 Å². The van der Waals surface area contributed by atoms with Gasteiger partial charge in [-0.15, -0.1) is 0 Å². The van der Waals surface area contributed by atoms with Crippen molar-refractivity contribution in [1.82, 2.24) is 14.8 Å². The second-order valence-electron chi connectivity index (χ2n) is 7.88. The Kier molecular flexibility index (Phi) is 5.43. The molecule has 7 heteroatoms. The Morgan fingerprint density at radius 2 is 1.00 bits per heavy atom. The van der Waals surface area contributed by atoms with E-state index in [9.17, 15) is 9.59 Å². The molecule has 2 amide bonds. The zero-order valence-corrected chi connectivity index (χ0v) is 18.7. The van der Waals surface area contributed by atoms with Gasteiger partial charge in [-0.3, -0.25) is 19.4 Å². The Morgan fingerprint density at radius 3 is 1.41 bits per heavy atom. The third kappa shape index (κ3) is 3.95. The molecule has 5 rings (SSSR count). The van der Waals surface area contributed by atoms with Gasteiger partial charge in [0, 0.05) is 25.2 Å². The molecule has 166 valence electrons. The zero-order valence-electron chi connectivity index (χ0n) is 18.7. The SMILES string of the molecule is CN1C(=O)/C(=C/c2cccc(/C=C3/N=C(c4ccccc4)N(C)C3=O)n2)N=C1c1ccccc1. The fourth-order valence-corrected chi connectivity index (χ4v) is 3.80. The molecule has 0 aliphatic carbocycles. The highest BCUT2D eigenvalue weighted by molar-refractivity contribution is 6.20. The number of aliphatic imine (C=N–C) groups is 2. The normalized spacial score (nSPS) is 18.2. The molecule has 2 aliphatic heterocycles. The monoisotopic (exact) mass is 447 g/mol. The van der Waals surface area contributed by atoms with E-state index in [1.54, 1.807) is 38.4 Å². The molecule has 7 nitrogen and oxygen atoms in total. The van der Waals surface area contributed by atoms with E-state index in [0.717, 1.165) is 11.1 Å². The van der Waals surface area contributed by atoms with E-state index >= 15 is 0 Å².